The van der Waals surface area contributed by atoms with Crippen molar-refractivity contribution < 1.29 is 9.90 Å². The zero-order valence-electron chi connectivity index (χ0n) is 16.7. The van der Waals surface area contributed by atoms with E-state index in [4.69, 9.17) is 4.98 Å². The van der Waals surface area contributed by atoms with Crippen molar-refractivity contribution in [1.29, 1.82) is 0 Å². The number of amides is 1. The summed E-state index contributed by atoms with van der Waals surface area (Å²) >= 11 is 0. The summed E-state index contributed by atoms with van der Waals surface area (Å²) in [4.78, 5) is 26.1. The Labute approximate surface area is 170 Å². The Morgan fingerprint density at radius 2 is 2.14 bits per heavy atom. The molecule has 150 valence electrons. The Bertz CT molecular complexity index is 993. The number of aliphatic hydroxyl groups excluding tert-OH is 1. The second-order valence-electron chi connectivity index (χ2n) is 7.64. The summed E-state index contributed by atoms with van der Waals surface area (Å²) in [5.74, 6) is 0.218. The summed E-state index contributed by atoms with van der Waals surface area (Å²) in [6.07, 6.45) is 4.72. The first-order chi connectivity index (χ1) is 14.2. The number of pyridine rings is 2. The molecule has 0 saturated carbocycles. The van der Waals surface area contributed by atoms with E-state index >= 15 is 0 Å². The monoisotopic (exact) mass is 390 g/mol. The molecule has 1 N–H and O–H groups in total. The molecular weight excluding hydrogens is 364 g/mol. The van der Waals surface area contributed by atoms with Crippen LogP contribution in [0.4, 0.5) is 0 Å². The van der Waals surface area contributed by atoms with E-state index in [1.54, 1.807) is 18.1 Å². The number of carbonyl (C=O) groups is 1. The summed E-state index contributed by atoms with van der Waals surface area (Å²) < 4.78 is 0. The Morgan fingerprint density at radius 1 is 1.28 bits per heavy atom. The highest BCUT2D eigenvalue weighted by molar-refractivity contribution is 6.06. The molecule has 6 heteroatoms. The van der Waals surface area contributed by atoms with Crippen LogP contribution in [0.3, 0.4) is 0 Å². The van der Waals surface area contributed by atoms with Gasteiger partial charge >= 0.3 is 0 Å². The Morgan fingerprint density at radius 3 is 2.93 bits per heavy atom. The Hall–Kier alpha value is -2.83. The van der Waals surface area contributed by atoms with Gasteiger partial charge in [0.05, 0.1) is 17.7 Å². The van der Waals surface area contributed by atoms with Crippen LogP contribution in [0.5, 0.6) is 0 Å². The maximum atomic E-state index is 13.0. The number of para-hydroxylation sites is 1. The highest BCUT2D eigenvalue weighted by atomic mass is 16.3. The molecule has 0 radical (unpaired) electrons. The fraction of sp³-hybridized carbons (Fsp3) is 0.348. The molecule has 0 unspecified atom stereocenters. The number of aliphatic hydroxyl groups is 1. The third kappa shape index (κ3) is 4.28. The normalized spacial score (nSPS) is 17.0. The molecule has 3 heterocycles. The number of nitrogens with zero attached hydrogens (tertiary/aromatic N) is 4. The van der Waals surface area contributed by atoms with Crippen molar-refractivity contribution in [3.8, 4) is 0 Å². The van der Waals surface area contributed by atoms with Gasteiger partial charge in [-0.2, -0.15) is 0 Å². The van der Waals surface area contributed by atoms with Crippen LogP contribution in [-0.4, -0.2) is 64.1 Å². The number of likely N-dealkylation sites (N-methyl/N-ethyl adjacent to an activating group) is 1. The van der Waals surface area contributed by atoms with Gasteiger partial charge in [0.25, 0.3) is 5.91 Å². The van der Waals surface area contributed by atoms with Gasteiger partial charge in [-0.3, -0.25) is 19.7 Å². The molecule has 1 saturated heterocycles. The smallest absolute Gasteiger partial charge is 0.254 e. The first kappa shape index (κ1) is 19.5. The van der Waals surface area contributed by atoms with Crippen LogP contribution in [0, 0.1) is 0 Å². The molecule has 6 nitrogen and oxygen atoms in total. The van der Waals surface area contributed by atoms with Crippen LogP contribution in [-0.2, 0) is 6.54 Å². The number of benzene rings is 1. The fourth-order valence-corrected chi connectivity index (χ4v) is 4.01. The first-order valence-electron chi connectivity index (χ1n) is 10.0. The van der Waals surface area contributed by atoms with E-state index in [0.717, 1.165) is 42.7 Å². The fourth-order valence-electron chi connectivity index (χ4n) is 4.01. The van der Waals surface area contributed by atoms with E-state index < -0.39 is 0 Å². The lowest BCUT2D eigenvalue weighted by molar-refractivity contribution is 0.0768. The molecule has 1 aliphatic rings. The minimum atomic E-state index is -0.0795. The molecule has 1 fully saturated rings. The molecule has 0 aliphatic carbocycles. The van der Waals surface area contributed by atoms with E-state index in [2.05, 4.69) is 16.0 Å². The van der Waals surface area contributed by atoms with E-state index in [0.29, 0.717) is 18.0 Å². The molecule has 1 amide bonds. The van der Waals surface area contributed by atoms with Crippen LogP contribution in [0.15, 0.2) is 54.9 Å². The van der Waals surface area contributed by atoms with Gasteiger partial charge in [-0.1, -0.05) is 24.3 Å². The van der Waals surface area contributed by atoms with Crippen molar-refractivity contribution in [1.82, 2.24) is 19.8 Å². The van der Waals surface area contributed by atoms with Crippen LogP contribution in [0.2, 0.25) is 0 Å². The number of fused-ring (bicyclic) bond motifs is 1. The van der Waals surface area contributed by atoms with Crippen molar-refractivity contribution in [2.45, 2.75) is 18.9 Å². The summed E-state index contributed by atoms with van der Waals surface area (Å²) in [6, 6.07) is 13.8. The lowest BCUT2D eigenvalue weighted by Gasteiger charge is -2.19. The molecule has 0 bridgehead atoms. The summed E-state index contributed by atoms with van der Waals surface area (Å²) in [5.41, 5.74) is 3.68. The summed E-state index contributed by atoms with van der Waals surface area (Å²) in [5, 5.41) is 10.1. The van der Waals surface area contributed by atoms with E-state index in [1.165, 1.54) is 5.56 Å². The third-order valence-corrected chi connectivity index (χ3v) is 5.57. The summed E-state index contributed by atoms with van der Waals surface area (Å²) in [6.45, 7) is 3.06. The Kier molecular flexibility index (Phi) is 5.83. The van der Waals surface area contributed by atoms with Crippen LogP contribution < -0.4 is 0 Å². The summed E-state index contributed by atoms with van der Waals surface area (Å²) in [7, 11) is 1.72. The van der Waals surface area contributed by atoms with Crippen molar-refractivity contribution in [3.05, 3.63) is 71.7 Å². The molecule has 4 rings (SSSR count). The molecule has 1 atom stereocenters. The lowest BCUT2D eigenvalue weighted by atomic mass is 9.99. The lowest BCUT2D eigenvalue weighted by Crippen LogP contribution is -2.30. The minimum absolute atomic E-state index is 0.0515. The zero-order valence-corrected chi connectivity index (χ0v) is 16.7. The highest BCUT2D eigenvalue weighted by Crippen LogP contribution is 2.30. The van der Waals surface area contributed by atoms with Gasteiger partial charge in [-0.05, 0) is 36.7 Å². The van der Waals surface area contributed by atoms with Gasteiger partial charge in [0.15, 0.2) is 0 Å². The number of carbonyl (C=O) groups excluding carboxylic acids is 1. The van der Waals surface area contributed by atoms with Gasteiger partial charge < -0.3 is 10.0 Å². The topological polar surface area (TPSA) is 69.6 Å². The zero-order chi connectivity index (χ0) is 20.2. The molecule has 1 aliphatic heterocycles. The number of aromatic nitrogens is 2. The van der Waals surface area contributed by atoms with E-state index in [-0.39, 0.29) is 12.5 Å². The number of hydrogen-bond donors (Lipinski definition) is 1. The molecule has 29 heavy (non-hydrogen) atoms. The molecule has 0 spiro atoms. The average molecular weight is 390 g/mol. The quantitative estimate of drug-likeness (QED) is 0.701. The number of hydrogen-bond acceptors (Lipinski definition) is 5. The van der Waals surface area contributed by atoms with Crippen LogP contribution >= 0.6 is 0 Å². The molecule has 3 aromatic rings. The van der Waals surface area contributed by atoms with Gasteiger partial charge in [0.1, 0.15) is 0 Å². The number of rotatable bonds is 6. The van der Waals surface area contributed by atoms with Crippen molar-refractivity contribution in [2.75, 3.05) is 33.3 Å². The van der Waals surface area contributed by atoms with Gasteiger partial charge in [0, 0.05) is 56.1 Å². The van der Waals surface area contributed by atoms with Crippen molar-refractivity contribution >= 4 is 16.8 Å². The standard InChI is InChI=1S/C23H26N4O2/c1-26(11-12-28)23(29)20-13-22(25-21-7-3-2-6-19(20)21)18-8-10-27(16-18)15-17-5-4-9-24-14-17/h2-7,9,13-14,18,28H,8,10-12,15-16H2,1H3/t18-/m0/s1. The van der Waals surface area contributed by atoms with E-state index in [9.17, 15) is 9.90 Å². The predicted molar refractivity (Wildman–Crippen MR) is 113 cm³/mol. The molecular formula is C23H26N4O2. The van der Waals surface area contributed by atoms with E-state index in [1.807, 2.05) is 42.6 Å². The van der Waals surface area contributed by atoms with Gasteiger partial charge in [-0.15, -0.1) is 0 Å². The number of likely N-dealkylation sites (tertiary alicyclic amines) is 1. The largest absolute Gasteiger partial charge is 0.395 e. The Balaban J connectivity index is 1.60. The molecule has 1 aromatic carbocycles. The maximum absolute atomic E-state index is 13.0. The van der Waals surface area contributed by atoms with Crippen molar-refractivity contribution in [3.63, 3.8) is 0 Å². The van der Waals surface area contributed by atoms with Crippen molar-refractivity contribution in [2.24, 2.45) is 0 Å². The van der Waals surface area contributed by atoms with Gasteiger partial charge in [0.2, 0.25) is 0 Å². The second-order valence-corrected chi connectivity index (χ2v) is 7.64. The first-order valence-corrected chi connectivity index (χ1v) is 10.0. The highest BCUT2D eigenvalue weighted by Gasteiger charge is 2.27. The maximum Gasteiger partial charge on any atom is 0.254 e. The predicted octanol–water partition coefficient (Wildman–Crippen LogP) is 2.68. The SMILES string of the molecule is CN(CCO)C(=O)c1cc([C@H]2CCN(Cc3cccnc3)C2)nc2ccccc12. The van der Waals surface area contributed by atoms with Crippen LogP contribution in [0.25, 0.3) is 10.9 Å². The minimum Gasteiger partial charge on any atom is -0.395 e. The van der Waals surface area contributed by atoms with Gasteiger partial charge in [-0.25, -0.2) is 0 Å². The second kappa shape index (κ2) is 8.68. The third-order valence-electron chi connectivity index (χ3n) is 5.57. The molecule has 2 aromatic heterocycles. The average Bonchev–Trinajstić information content (AvgIpc) is 3.22. The van der Waals surface area contributed by atoms with Crippen LogP contribution in [0.1, 0.15) is 34.0 Å².